The summed E-state index contributed by atoms with van der Waals surface area (Å²) in [7, 11) is 0. The van der Waals surface area contributed by atoms with Crippen LogP contribution in [0.25, 0.3) is 0 Å². The Morgan fingerprint density at radius 3 is 2.32 bits per heavy atom. The van der Waals surface area contributed by atoms with Crippen LogP contribution in [-0.4, -0.2) is 56.0 Å². The maximum atomic E-state index is 14.1. The van der Waals surface area contributed by atoms with Crippen LogP contribution in [0, 0.1) is 5.41 Å². The van der Waals surface area contributed by atoms with E-state index in [2.05, 4.69) is 72.0 Å². The van der Waals surface area contributed by atoms with Gasteiger partial charge >= 0.3 is 0 Å². The third kappa shape index (κ3) is 3.66. The van der Waals surface area contributed by atoms with Crippen LogP contribution in [0.1, 0.15) is 88.5 Å². The maximum Gasteiger partial charge on any atom is 0.274 e. The van der Waals surface area contributed by atoms with E-state index >= 15 is 0 Å². The van der Waals surface area contributed by atoms with Crippen LogP contribution in [0.4, 0.5) is 0 Å². The van der Waals surface area contributed by atoms with Crippen molar-refractivity contribution in [3.05, 3.63) is 53.3 Å². The smallest absolute Gasteiger partial charge is 0.274 e. The van der Waals surface area contributed by atoms with Crippen LogP contribution in [-0.2, 0) is 16.6 Å². The summed E-state index contributed by atoms with van der Waals surface area (Å²) in [5.41, 5.74) is 2.49. The van der Waals surface area contributed by atoms with E-state index in [1.807, 2.05) is 12.1 Å². The molecule has 2 amide bonds. The highest BCUT2D eigenvalue weighted by Gasteiger charge is 2.63. The van der Waals surface area contributed by atoms with Gasteiger partial charge in [0.05, 0.1) is 12.1 Å². The third-order valence-electron chi connectivity index (χ3n) is 8.70. The first kappa shape index (κ1) is 23.1. The van der Waals surface area contributed by atoms with Crippen molar-refractivity contribution in [3.63, 3.8) is 0 Å². The Hall–Kier alpha value is -2.63. The molecule has 0 unspecified atom stereocenters. The van der Waals surface area contributed by atoms with Crippen LogP contribution < -0.4 is 0 Å². The molecule has 2 aliphatic heterocycles. The molecule has 1 aliphatic carbocycles. The fraction of sp³-hybridized carbons (Fsp3) is 0.607. The van der Waals surface area contributed by atoms with E-state index in [-0.39, 0.29) is 46.8 Å². The Kier molecular flexibility index (Phi) is 5.61. The summed E-state index contributed by atoms with van der Waals surface area (Å²) in [6.07, 6.45) is 5.92. The maximum absolute atomic E-state index is 14.1. The van der Waals surface area contributed by atoms with Crippen molar-refractivity contribution in [1.29, 1.82) is 0 Å². The van der Waals surface area contributed by atoms with Gasteiger partial charge in [0.25, 0.3) is 5.91 Å². The van der Waals surface area contributed by atoms with Crippen LogP contribution in [0.3, 0.4) is 0 Å². The quantitative estimate of drug-likeness (QED) is 0.718. The van der Waals surface area contributed by atoms with Gasteiger partial charge in [-0.05, 0) is 37.3 Å². The number of carbonyl (C=O) groups is 2. The number of hydrogen-bond acceptors (Lipinski definition) is 3. The van der Waals surface area contributed by atoms with Crippen molar-refractivity contribution in [3.8, 4) is 0 Å². The number of aromatic nitrogens is 2. The molecule has 1 aromatic heterocycles. The molecule has 182 valence electrons. The van der Waals surface area contributed by atoms with Crippen LogP contribution in [0.15, 0.2) is 36.4 Å². The molecule has 3 heterocycles. The molecular weight excluding hydrogens is 424 g/mol. The number of likely N-dealkylation sites (tertiary alicyclic amines) is 2. The number of carbonyl (C=O) groups excluding carboxylic acids is 2. The molecule has 0 spiro atoms. The van der Waals surface area contributed by atoms with Crippen LogP contribution in [0.5, 0.6) is 0 Å². The normalized spacial score (nSPS) is 30.9. The van der Waals surface area contributed by atoms with Crippen molar-refractivity contribution < 1.29 is 9.59 Å². The number of nitrogens with zero attached hydrogens (tertiary/aromatic N) is 3. The molecule has 6 nitrogen and oxygen atoms in total. The molecule has 1 N–H and O–H groups in total. The van der Waals surface area contributed by atoms with E-state index in [9.17, 15) is 9.59 Å². The predicted octanol–water partition coefficient (Wildman–Crippen LogP) is 4.71. The highest BCUT2D eigenvalue weighted by Crippen LogP contribution is 2.55. The van der Waals surface area contributed by atoms with E-state index in [1.165, 1.54) is 5.56 Å². The van der Waals surface area contributed by atoms with Crippen molar-refractivity contribution in [2.24, 2.45) is 5.41 Å². The van der Waals surface area contributed by atoms with Gasteiger partial charge in [-0.1, -0.05) is 70.9 Å². The van der Waals surface area contributed by atoms with Crippen molar-refractivity contribution in [2.75, 3.05) is 0 Å². The van der Waals surface area contributed by atoms with Crippen molar-refractivity contribution >= 4 is 11.8 Å². The molecule has 3 fully saturated rings. The van der Waals surface area contributed by atoms with Gasteiger partial charge in [0.15, 0.2) is 0 Å². The fourth-order valence-electron chi connectivity index (χ4n) is 7.04. The van der Waals surface area contributed by atoms with E-state index < -0.39 is 0 Å². The lowest BCUT2D eigenvalue weighted by molar-refractivity contribution is -0.141. The minimum Gasteiger partial charge on any atom is -0.334 e. The molecule has 2 saturated heterocycles. The number of piperidine rings is 1. The van der Waals surface area contributed by atoms with E-state index in [1.54, 1.807) is 6.92 Å². The number of rotatable bonds is 3. The first-order valence-corrected chi connectivity index (χ1v) is 12.8. The summed E-state index contributed by atoms with van der Waals surface area (Å²) in [6.45, 7) is 10.4. The largest absolute Gasteiger partial charge is 0.334 e. The number of H-pyrrole nitrogens is 1. The zero-order chi connectivity index (χ0) is 24.3. The molecule has 2 aromatic rings. The lowest BCUT2D eigenvalue weighted by Gasteiger charge is -2.50. The molecule has 3 aliphatic rings. The van der Waals surface area contributed by atoms with Crippen molar-refractivity contribution in [2.45, 2.75) is 103 Å². The molecule has 5 atom stereocenters. The zero-order valence-corrected chi connectivity index (χ0v) is 21.2. The van der Waals surface area contributed by atoms with E-state index in [4.69, 9.17) is 0 Å². The standard InChI is InChI=1S/C28H38N4O2/c1-18(33)31-21(15-19-11-7-6-8-12-19)22-17-28(5)24(31)13-9-10-14-25(28)32(22)26(34)20-16-23(30-29-20)27(2,3)4/h6-8,11-12,16,21-22,24-25H,9-10,13-15,17H2,1-5H3,(H,29,30)/t21-,22-,24+,25-,28+/m0/s1. The molecule has 2 bridgehead atoms. The first-order valence-electron chi connectivity index (χ1n) is 12.8. The third-order valence-corrected chi connectivity index (χ3v) is 8.70. The van der Waals surface area contributed by atoms with Gasteiger partial charge in [-0.2, -0.15) is 5.10 Å². The number of fused-ring (bicyclic) bond motifs is 1. The number of hydrogen-bond donors (Lipinski definition) is 1. The molecule has 0 radical (unpaired) electrons. The minimum atomic E-state index is -0.104. The van der Waals surface area contributed by atoms with Crippen molar-refractivity contribution in [1.82, 2.24) is 20.0 Å². The van der Waals surface area contributed by atoms with Gasteiger partial charge in [0.1, 0.15) is 5.69 Å². The molecule has 1 saturated carbocycles. The fourth-order valence-corrected chi connectivity index (χ4v) is 7.04. The SMILES string of the molecule is CC(=O)N1[C@@H](Cc2ccccc2)[C@@H]2C[C@@]3(C)[C@H](CCCC[C@@H]13)N2C(=O)c1cc(C(C)(C)C)[nH]n1. The highest BCUT2D eigenvalue weighted by atomic mass is 16.2. The predicted molar refractivity (Wildman–Crippen MR) is 132 cm³/mol. The average Bonchev–Trinajstić information content (AvgIpc) is 3.33. The van der Waals surface area contributed by atoms with Gasteiger partial charge in [-0.15, -0.1) is 0 Å². The Morgan fingerprint density at radius 1 is 1.09 bits per heavy atom. The highest BCUT2D eigenvalue weighted by molar-refractivity contribution is 5.93. The van der Waals surface area contributed by atoms with Gasteiger partial charge in [-0.25, -0.2) is 0 Å². The summed E-state index contributed by atoms with van der Waals surface area (Å²) in [5.74, 6) is 0.140. The summed E-state index contributed by atoms with van der Waals surface area (Å²) < 4.78 is 0. The number of nitrogens with one attached hydrogen (secondary N) is 1. The lowest BCUT2D eigenvalue weighted by Crippen LogP contribution is -2.61. The minimum absolute atomic E-state index is 0.00394. The molecule has 5 rings (SSSR count). The van der Waals surface area contributed by atoms with Gasteiger partial charge in [-0.3, -0.25) is 14.7 Å². The Balaban J connectivity index is 1.58. The zero-order valence-electron chi connectivity index (χ0n) is 21.2. The molecule has 6 heteroatoms. The van der Waals surface area contributed by atoms with Gasteiger partial charge < -0.3 is 9.80 Å². The second kappa shape index (κ2) is 8.24. The Morgan fingerprint density at radius 2 is 1.74 bits per heavy atom. The summed E-state index contributed by atoms with van der Waals surface area (Å²) in [6, 6.07) is 12.6. The lowest BCUT2D eigenvalue weighted by atomic mass is 9.69. The van der Waals surface area contributed by atoms with E-state index in [0.717, 1.165) is 44.2 Å². The summed E-state index contributed by atoms with van der Waals surface area (Å²) in [4.78, 5) is 31.6. The first-order chi connectivity index (χ1) is 16.1. The Bertz CT molecular complexity index is 1070. The summed E-state index contributed by atoms with van der Waals surface area (Å²) >= 11 is 0. The summed E-state index contributed by atoms with van der Waals surface area (Å²) in [5, 5.41) is 7.56. The monoisotopic (exact) mass is 462 g/mol. The second-order valence-electron chi connectivity index (χ2n) is 11.9. The van der Waals surface area contributed by atoms with Gasteiger partial charge in [0.2, 0.25) is 5.91 Å². The molecule has 1 aromatic carbocycles. The number of amides is 2. The van der Waals surface area contributed by atoms with Crippen LogP contribution in [0.2, 0.25) is 0 Å². The van der Waals surface area contributed by atoms with E-state index in [0.29, 0.717) is 5.69 Å². The number of aromatic amines is 1. The van der Waals surface area contributed by atoms with Crippen LogP contribution >= 0.6 is 0 Å². The Labute approximate surface area is 203 Å². The molecule has 34 heavy (non-hydrogen) atoms. The second-order valence-corrected chi connectivity index (χ2v) is 11.9. The number of benzene rings is 1. The molecular formula is C28H38N4O2. The average molecular weight is 463 g/mol. The van der Waals surface area contributed by atoms with Gasteiger partial charge in [0, 0.05) is 35.5 Å². The topological polar surface area (TPSA) is 69.3 Å².